The molecule has 0 bridgehead atoms. The molecule has 1 aromatic carbocycles. The third-order valence-electron chi connectivity index (χ3n) is 6.13. The first kappa shape index (κ1) is 27.4. The van der Waals surface area contributed by atoms with Crippen LogP contribution in [0.4, 0.5) is 5.69 Å². The number of anilines is 1. The lowest BCUT2D eigenvalue weighted by molar-refractivity contribution is -0.126. The van der Waals surface area contributed by atoms with E-state index in [2.05, 4.69) is 9.69 Å². The van der Waals surface area contributed by atoms with Crippen molar-refractivity contribution in [2.75, 3.05) is 33.1 Å². The fourth-order valence-electron chi connectivity index (χ4n) is 4.22. The van der Waals surface area contributed by atoms with E-state index in [4.69, 9.17) is 25.7 Å². The molecular weight excluding hydrogens is 530 g/mol. The molecule has 1 fully saturated rings. The van der Waals surface area contributed by atoms with Gasteiger partial charge >= 0.3 is 0 Å². The summed E-state index contributed by atoms with van der Waals surface area (Å²) >= 11 is 2.21. The highest BCUT2D eigenvalue weighted by Gasteiger charge is 2.36. The van der Waals surface area contributed by atoms with Crippen LogP contribution in [-0.4, -0.2) is 60.5 Å². The molecule has 2 aromatic heterocycles. The Labute approximate surface area is 227 Å². The molecule has 2 atom stereocenters. The normalized spacial score (nSPS) is 15.6. The number of nitrogen functional groups attached to an aromatic ring is 1. The maximum absolute atomic E-state index is 14.0. The molecule has 3 aromatic rings. The number of aromatic nitrogens is 1. The summed E-state index contributed by atoms with van der Waals surface area (Å²) in [6.45, 7) is 1.06. The predicted molar refractivity (Wildman–Crippen MR) is 144 cm³/mol. The number of carbonyl (C=O) groups excluding carboxylic acids is 3. The lowest BCUT2D eigenvalue weighted by Gasteiger charge is -2.31. The van der Waals surface area contributed by atoms with Gasteiger partial charge < -0.3 is 35.9 Å². The van der Waals surface area contributed by atoms with E-state index in [0.29, 0.717) is 30.2 Å². The van der Waals surface area contributed by atoms with E-state index in [0.717, 1.165) is 29.3 Å². The molecule has 202 valence electrons. The smallest absolute Gasteiger partial charge is 0.270 e. The number of rotatable bonds is 11. The summed E-state index contributed by atoms with van der Waals surface area (Å²) in [5.41, 5.74) is 11.7. The van der Waals surface area contributed by atoms with Gasteiger partial charge in [0, 0.05) is 18.0 Å². The standard InChI is InChI=1S/C25H29N5O6S2/c1-34-17-8-7-14(11-18(17)35-2)21(24(32)28-12-15-5-3-9-36-15)30(13-16-6-4-10-37-16)25(33)22-19(26)20(23(27)31)29-38-22/h4,6-8,10-11,15,21H,3,5,9,12-13,26H2,1-2H3,(H2,27,31)(H,28,32)/t15-,21+/m0/s1. The molecule has 38 heavy (non-hydrogen) atoms. The van der Waals surface area contributed by atoms with E-state index >= 15 is 0 Å². The highest BCUT2D eigenvalue weighted by Crippen LogP contribution is 2.35. The van der Waals surface area contributed by atoms with Crippen LogP contribution in [0.15, 0.2) is 35.7 Å². The molecule has 13 heteroatoms. The van der Waals surface area contributed by atoms with Gasteiger partial charge in [0.25, 0.3) is 11.8 Å². The second kappa shape index (κ2) is 12.2. The highest BCUT2D eigenvalue weighted by atomic mass is 32.1. The molecule has 3 amide bonds. The Bertz CT molecular complexity index is 1290. The minimum Gasteiger partial charge on any atom is -0.493 e. The van der Waals surface area contributed by atoms with Gasteiger partial charge in [-0.3, -0.25) is 14.4 Å². The van der Waals surface area contributed by atoms with Gasteiger partial charge in [-0.15, -0.1) is 11.3 Å². The first-order valence-corrected chi connectivity index (χ1v) is 13.5. The zero-order valence-corrected chi connectivity index (χ0v) is 22.6. The van der Waals surface area contributed by atoms with Gasteiger partial charge in [0.1, 0.15) is 10.9 Å². The van der Waals surface area contributed by atoms with E-state index < -0.39 is 23.8 Å². The van der Waals surface area contributed by atoms with E-state index in [-0.39, 0.29) is 28.9 Å². The van der Waals surface area contributed by atoms with Crippen molar-refractivity contribution < 1.29 is 28.6 Å². The Balaban J connectivity index is 1.78. The number of benzene rings is 1. The van der Waals surface area contributed by atoms with Crippen molar-refractivity contribution in [3.05, 3.63) is 56.7 Å². The first-order valence-electron chi connectivity index (χ1n) is 11.8. The molecule has 4 rings (SSSR count). The number of thiophene rings is 1. The number of nitrogens with one attached hydrogen (secondary N) is 1. The monoisotopic (exact) mass is 559 g/mol. The fourth-order valence-corrected chi connectivity index (χ4v) is 5.69. The number of hydrogen-bond donors (Lipinski definition) is 3. The van der Waals surface area contributed by atoms with Gasteiger partial charge in [-0.05, 0) is 53.5 Å². The average Bonchev–Trinajstić information content (AvgIpc) is 3.69. The Morgan fingerprint density at radius 3 is 2.63 bits per heavy atom. The van der Waals surface area contributed by atoms with Crippen LogP contribution >= 0.6 is 22.9 Å². The maximum atomic E-state index is 14.0. The van der Waals surface area contributed by atoms with Crippen molar-refractivity contribution >= 4 is 46.3 Å². The number of nitrogens with zero attached hydrogens (tertiary/aromatic N) is 2. The minimum absolute atomic E-state index is 0.0211. The maximum Gasteiger partial charge on any atom is 0.270 e. The Hall–Kier alpha value is -3.68. The molecular formula is C25H29N5O6S2. The topological polar surface area (TPSA) is 159 Å². The summed E-state index contributed by atoms with van der Waals surface area (Å²) in [6, 6.07) is 7.69. The summed E-state index contributed by atoms with van der Waals surface area (Å²) < 4.78 is 20.5. The minimum atomic E-state index is -1.08. The van der Waals surface area contributed by atoms with Gasteiger partial charge in [-0.1, -0.05) is 12.1 Å². The lowest BCUT2D eigenvalue weighted by Crippen LogP contribution is -2.45. The number of nitrogens with two attached hydrogens (primary N) is 2. The Morgan fingerprint density at radius 2 is 2.03 bits per heavy atom. The second-order valence-electron chi connectivity index (χ2n) is 8.55. The third kappa shape index (κ3) is 5.90. The molecule has 0 aliphatic carbocycles. The summed E-state index contributed by atoms with van der Waals surface area (Å²) in [6.07, 6.45) is 1.67. The average molecular weight is 560 g/mol. The number of carbonyl (C=O) groups is 3. The molecule has 5 N–H and O–H groups in total. The highest BCUT2D eigenvalue weighted by molar-refractivity contribution is 7.10. The van der Waals surface area contributed by atoms with E-state index in [1.54, 1.807) is 18.2 Å². The van der Waals surface area contributed by atoms with Crippen LogP contribution in [0.25, 0.3) is 0 Å². The summed E-state index contributed by atoms with van der Waals surface area (Å²) in [7, 11) is 3.00. The SMILES string of the molecule is COc1ccc([C@H](C(=O)NC[C@@H]2CCCO2)N(Cc2cccs2)C(=O)c2snc(C(N)=O)c2N)cc1OC. The number of primary amides is 1. The molecule has 0 unspecified atom stereocenters. The van der Waals surface area contributed by atoms with Crippen LogP contribution < -0.4 is 26.3 Å². The molecule has 3 heterocycles. The van der Waals surface area contributed by atoms with E-state index in [1.807, 2.05) is 17.5 Å². The van der Waals surface area contributed by atoms with Crippen molar-refractivity contribution in [1.29, 1.82) is 0 Å². The van der Waals surface area contributed by atoms with Crippen LogP contribution in [-0.2, 0) is 16.1 Å². The molecule has 1 aliphatic heterocycles. The molecule has 1 aliphatic rings. The van der Waals surface area contributed by atoms with E-state index in [1.165, 1.54) is 30.5 Å². The van der Waals surface area contributed by atoms with Crippen molar-refractivity contribution in [2.45, 2.75) is 31.5 Å². The zero-order valence-electron chi connectivity index (χ0n) is 21.0. The number of methoxy groups -OCH3 is 2. The van der Waals surface area contributed by atoms with Gasteiger partial charge in [0.2, 0.25) is 5.91 Å². The first-order chi connectivity index (χ1) is 18.3. The number of amides is 3. The van der Waals surface area contributed by atoms with Crippen molar-refractivity contribution in [3.63, 3.8) is 0 Å². The van der Waals surface area contributed by atoms with Crippen LogP contribution in [0, 0.1) is 0 Å². The predicted octanol–water partition coefficient (Wildman–Crippen LogP) is 2.58. The zero-order chi connectivity index (χ0) is 27.2. The Morgan fingerprint density at radius 1 is 1.24 bits per heavy atom. The molecule has 0 radical (unpaired) electrons. The second-order valence-corrected chi connectivity index (χ2v) is 10.4. The largest absolute Gasteiger partial charge is 0.493 e. The number of hydrogen-bond acceptors (Lipinski definition) is 10. The van der Waals surface area contributed by atoms with Gasteiger partial charge in [-0.2, -0.15) is 4.37 Å². The third-order valence-corrected chi connectivity index (χ3v) is 7.85. The molecule has 1 saturated heterocycles. The van der Waals surface area contributed by atoms with Crippen LogP contribution in [0.5, 0.6) is 11.5 Å². The molecule has 0 saturated carbocycles. The van der Waals surface area contributed by atoms with Crippen molar-refractivity contribution in [1.82, 2.24) is 14.6 Å². The molecule has 11 nitrogen and oxygen atoms in total. The Kier molecular flexibility index (Phi) is 8.81. The fraction of sp³-hybridized carbons (Fsp3) is 0.360. The van der Waals surface area contributed by atoms with Gasteiger partial charge in [0.15, 0.2) is 17.2 Å². The summed E-state index contributed by atoms with van der Waals surface area (Å²) in [4.78, 5) is 41.8. The van der Waals surface area contributed by atoms with E-state index in [9.17, 15) is 14.4 Å². The quantitative estimate of drug-likeness (QED) is 0.323. The van der Waals surface area contributed by atoms with Crippen LogP contribution in [0.1, 0.15) is 49.5 Å². The van der Waals surface area contributed by atoms with Crippen LogP contribution in [0.3, 0.4) is 0 Å². The van der Waals surface area contributed by atoms with Gasteiger partial charge in [0.05, 0.1) is 32.6 Å². The molecule has 0 spiro atoms. The van der Waals surface area contributed by atoms with Crippen molar-refractivity contribution in [3.8, 4) is 11.5 Å². The summed E-state index contributed by atoms with van der Waals surface area (Å²) in [5.74, 6) is -0.931. The van der Waals surface area contributed by atoms with Gasteiger partial charge in [-0.25, -0.2) is 0 Å². The van der Waals surface area contributed by atoms with Crippen molar-refractivity contribution in [2.24, 2.45) is 5.73 Å². The lowest BCUT2D eigenvalue weighted by atomic mass is 10.0. The van der Waals surface area contributed by atoms with Crippen LogP contribution in [0.2, 0.25) is 0 Å². The number of ether oxygens (including phenoxy) is 3. The summed E-state index contributed by atoms with van der Waals surface area (Å²) in [5, 5.41) is 4.83.